The van der Waals surface area contributed by atoms with Crippen molar-refractivity contribution >= 4 is 29.6 Å². The zero-order valence-corrected chi connectivity index (χ0v) is 16.6. The molecule has 0 radical (unpaired) electrons. The van der Waals surface area contributed by atoms with Crippen molar-refractivity contribution in [1.29, 1.82) is 0 Å². The van der Waals surface area contributed by atoms with Crippen LogP contribution >= 0.6 is 0 Å². The summed E-state index contributed by atoms with van der Waals surface area (Å²) in [4.78, 5) is 34.4. The second-order valence-corrected chi connectivity index (χ2v) is 7.33. The van der Waals surface area contributed by atoms with E-state index in [2.05, 4.69) is 31.2 Å². The molecule has 8 heteroatoms. The van der Waals surface area contributed by atoms with Gasteiger partial charge in [0.15, 0.2) is 11.6 Å². The van der Waals surface area contributed by atoms with Crippen molar-refractivity contribution in [2.45, 2.75) is 12.5 Å². The number of benzene rings is 1. The number of pyridine rings is 1. The Balaban J connectivity index is 1.53. The minimum absolute atomic E-state index is 0.0791. The number of rotatable bonds is 3. The molecule has 0 saturated carbocycles. The van der Waals surface area contributed by atoms with Crippen LogP contribution in [0, 0.1) is 0 Å². The van der Waals surface area contributed by atoms with Gasteiger partial charge in [0.2, 0.25) is 0 Å². The van der Waals surface area contributed by atoms with Gasteiger partial charge in [0.25, 0.3) is 0 Å². The number of carbonyl (C=O) groups excluding carboxylic acids is 1. The highest BCUT2D eigenvalue weighted by Gasteiger charge is 2.40. The molecule has 2 bridgehead atoms. The first-order valence-electron chi connectivity index (χ1n) is 9.88. The number of fused-ring (bicyclic) bond motifs is 4. The van der Waals surface area contributed by atoms with Crippen LogP contribution in [0.25, 0.3) is 11.3 Å². The third-order valence-electron chi connectivity index (χ3n) is 5.43. The summed E-state index contributed by atoms with van der Waals surface area (Å²) in [6.07, 6.45) is 7.39. The van der Waals surface area contributed by atoms with Crippen LogP contribution in [-0.4, -0.2) is 53.4 Å². The van der Waals surface area contributed by atoms with Crippen LogP contribution in [-0.2, 0) is 0 Å². The second kappa shape index (κ2) is 7.55. The van der Waals surface area contributed by atoms with Gasteiger partial charge in [0, 0.05) is 44.3 Å². The Morgan fingerprint density at radius 3 is 3.03 bits per heavy atom. The van der Waals surface area contributed by atoms with Crippen LogP contribution in [0.5, 0.6) is 0 Å². The fourth-order valence-corrected chi connectivity index (χ4v) is 4.09. The van der Waals surface area contributed by atoms with Crippen LogP contribution in [0.3, 0.4) is 0 Å². The molecular weight excluding hydrogens is 378 g/mol. The first kappa shape index (κ1) is 18.2. The van der Waals surface area contributed by atoms with Crippen molar-refractivity contribution in [3.05, 3.63) is 60.6 Å². The largest absolute Gasteiger partial charge is 0.366 e. The zero-order valence-electron chi connectivity index (χ0n) is 16.6. The highest BCUT2D eigenvalue weighted by Crippen LogP contribution is 2.40. The standard InChI is InChI=1S/C22H21N7O/c1-23-12-15-3-2-4-16(11-15)18-5-6-19-21(26-18)29(17-7-10-28(19)14-17)22(30)27-20-13-24-8-9-25-20/h2-6,8-9,11-13,17H,7,10,14H2,1H3,(H,25,27,30)/t17-/m0/s1. The number of anilines is 3. The lowest BCUT2D eigenvalue weighted by Gasteiger charge is -2.35. The summed E-state index contributed by atoms with van der Waals surface area (Å²) in [6.45, 7) is 1.72. The predicted octanol–water partition coefficient (Wildman–Crippen LogP) is 3.22. The molecule has 150 valence electrons. The fourth-order valence-electron chi connectivity index (χ4n) is 4.09. The molecule has 5 rings (SSSR count). The van der Waals surface area contributed by atoms with Gasteiger partial charge in [-0.25, -0.2) is 14.8 Å². The summed E-state index contributed by atoms with van der Waals surface area (Å²) in [7, 11) is 1.75. The summed E-state index contributed by atoms with van der Waals surface area (Å²) < 4.78 is 0. The van der Waals surface area contributed by atoms with E-state index in [0.29, 0.717) is 11.6 Å². The van der Waals surface area contributed by atoms with E-state index >= 15 is 0 Å². The Kier molecular flexibility index (Phi) is 4.59. The Morgan fingerprint density at radius 2 is 2.20 bits per heavy atom. The normalized spacial score (nSPS) is 17.3. The third-order valence-corrected chi connectivity index (χ3v) is 5.43. The minimum atomic E-state index is -0.236. The number of nitrogens with one attached hydrogen (secondary N) is 1. The molecule has 1 saturated heterocycles. The van der Waals surface area contributed by atoms with Crippen LogP contribution < -0.4 is 15.1 Å². The lowest BCUT2D eigenvalue weighted by atomic mass is 10.1. The van der Waals surface area contributed by atoms with Crippen LogP contribution in [0.2, 0.25) is 0 Å². The molecule has 0 unspecified atom stereocenters. The molecule has 0 spiro atoms. The van der Waals surface area contributed by atoms with Crippen molar-refractivity contribution in [1.82, 2.24) is 15.0 Å². The van der Waals surface area contributed by atoms with Crippen molar-refractivity contribution in [2.75, 3.05) is 35.3 Å². The maximum absolute atomic E-state index is 13.2. The number of hydrogen-bond acceptors (Lipinski definition) is 6. The molecule has 1 N–H and O–H groups in total. The van der Waals surface area contributed by atoms with E-state index in [0.717, 1.165) is 42.0 Å². The van der Waals surface area contributed by atoms with Gasteiger partial charge in [-0.15, -0.1) is 0 Å². The monoisotopic (exact) mass is 399 g/mol. The summed E-state index contributed by atoms with van der Waals surface area (Å²) in [6, 6.07) is 12.0. The molecule has 2 aromatic heterocycles. The molecule has 1 fully saturated rings. The fraction of sp³-hybridized carbons (Fsp3) is 0.227. The zero-order chi connectivity index (χ0) is 20.5. The summed E-state index contributed by atoms with van der Waals surface area (Å²) in [5, 5.41) is 2.86. The van der Waals surface area contributed by atoms with Crippen LogP contribution in [0.1, 0.15) is 12.0 Å². The molecule has 2 aliphatic rings. The first-order chi connectivity index (χ1) is 14.7. The summed E-state index contributed by atoms with van der Waals surface area (Å²) in [5.41, 5.74) is 3.79. The molecule has 4 heterocycles. The van der Waals surface area contributed by atoms with Crippen molar-refractivity contribution in [3.63, 3.8) is 0 Å². The van der Waals surface area contributed by atoms with E-state index in [1.165, 1.54) is 6.20 Å². The second-order valence-electron chi connectivity index (χ2n) is 7.33. The van der Waals surface area contributed by atoms with Crippen molar-refractivity contribution < 1.29 is 4.79 Å². The highest BCUT2D eigenvalue weighted by atomic mass is 16.2. The van der Waals surface area contributed by atoms with Gasteiger partial charge in [-0.3, -0.25) is 20.2 Å². The molecule has 1 atom stereocenters. The molecule has 8 nitrogen and oxygen atoms in total. The first-order valence-corrected chi connectivity index (χ1v) is 9.88. The summed E-state index contributed by atoms with van der Waals surface area (Å²) in [5.74, 6) is 1.10. The minimum Gasteiger partial charge on any atom is -0.366 e. The molecular formula is C22H21N7O. The topological polar surface area (TPSA) is 86.6 Å². The molecule has 1 aromatic carbocycles. The van der Waals surface area contributed by atoms with Gasteiger partial charge in [-0.05, 0) is 30.2 Å². The number of nitrogens with zero attached hydrogens (tertiary/aromatic N) is 6. The molecule has 2 aliphatic heterocycles. The quantitative estimate of drug-likeness (QED) is 0.684. The lowest BCUT2D eigenvalue weighted by Crippen LogP contribution is -2.48. The van der Waals surface area contributed by atoms with E-state index in [1.54, 1.807) is 24.3 Å². The van der Waals surface area contributed by atoms with E-state index < -0.39 is 0 Å². The number of hydrogen-bond donors (Lipinski definition) is 1. The number of urea groups is 1. The van der Waals surface area contributed by atoms with Gasteiger partial charge in [0.1, 0.15) is 0 Å². The average molecular weight is 399 g/mol. The molecule has 30 heavy (non-hydrogen) atoms. The van der Waals surface area contributed by atoms with Gasteiger partial charge in [0.05, 0.1) is 23.6 Å². The molecule has 3 aromatic rings. The van der Waals surface area contributed by atoms with Crippen LogP contribution in [0.4, 0.5) is 22.1 Å². The number of aliphatic imine (C=N–C) groups is 1. The smallest absolute Gasteiger partial charge is 0.329 e. The Morgan fingerprint density at radius 1 is 1.27 bits per heavy atom. The Hall–Kier alpha value is -3.81. The highest BCUT2D eigenvalue weighted by molar-refractivity contribution is 6.04. The van der Waals surface area contributed by atoms with Gasteiger partial charge < -0.3 is 4.90 Å². The van der Waals surface area contributed by atoms with E-state index in [4.69, 9.17) is 4.98 Å². The van der Waals surface area contributed by atoms with Crippen LogP contribution in [0.15, 0.2) is 60.0 Å². The van der Waals surface area contributed by atoms with Crippen molar-refractivity contribution in [3.8, 4) is 11.3 Å². The Bertz CT molecular complexity index is 1120. The molecule has 0 aliphatic carbocycles. The predicted molar refractivity (Wildman–Crippen MR) is 117 cm³/mol. The van der Waals surface area contributed by atoms with Gasteiger partial charge in [-0.2, -0.15) is 0 Å². The number of amides is 2. The van der Waals surface area contributed by atoms with Gasteiger partial charge in [-0.1, -0.05) is 18.2 Å². The van der Waals surface area contributed by atoms with E-state index in [9.17, 15) is 4.79 Å². The lowest BCUT2D eigenvalue weighted by molar-refractivity contribution is 0.254. The molecule has 2 amide bonds. The maximum atomic E-state index is 13.2. The van der Waals surface area contributed by atoms with E-state index in [-0.39, 0.29) is 12.1 Å². The SMILES string of the molecule is CN=Cc1cccc(-c2ccc3c(n2)N(C(=O)Nc2cnccn2)[C@H]2CCN3C2)c1. The Labute approximate surface area is 174 Å². The summed E-state index contributed by atoms with van der Waals surface area (Å²) >= 11 is 0. The number of carbonyl (C=O) groups is 1. The average Bonchev–Trinajstić information content (AvgIpc) is 3.19. The third kappa shape index (κ3) is 3.26. The van der Waals surface area contributed by atoms with Crippen molar-refractivity contribution in [2.24, 2.45) is 4.99 Å². The maximum Gasteiger partial charge on any atom is 0.329 e. The van der Waals surface area contributed by atoms with E-state index in [1.807, 2.05) is 36.5 Å². The number of aromatic nitrogens is 3. The van der Waals surface area contributed by atoms with Gasteiger partial charge >= 0.3 is 6.03 Å².